The third kappa shape index (κ3) is 9.91. The van der Waals surface area contributed by atoms with E-state index in [9.17, 15) is 0 Å². The van der Waals surface area contributed by atoms with E-state index in [1.807, 2.05) is 6.07 Å². The minimum Gasteiger partial charge on any atom is -0.455 e. The van der Waals surface area contributed by atoms with Crippen LogP contribution in [0.25, 0.3) is 131 Å². The fourth-order valence-electron chi connectivity index (χ4n) is 16.9. The zero-order valence-electron chi connectivity index (χ0n) is 57.6. The van der Waals surface area contributed by atoms with Crippen molar-refractivity contribution in [2.75, 3.05) is 21.2 Å². The first-order valence-corrected chi connectivity index (χ1v) is 36.3. The maximum atomic E-state index is 7.78. The summed E-state index contributed by atoms with van der Waals surface area (Å²) in [5, 5.41) is 17.1. The van der Waals surface area contributed by atoms with E-state index in [0.717, 1.165) is 161 Å². The van der Waals surface area contributed by atoms with Gasteiger partial charge in [-0.05, 0) is 175 Å². The molecule has 0 amide bonds. The maximum absolute atomic E-state index is 7.78. The van der Waals surface area contributed by atoms with Crippen LogP contribution in [0.1, 0.15) is 22.3 Å². The fraction of sp³-hybridized carbons (Fsp3) is 0.0100. The average Bonchev–Trinajstić information content (AvgIpc) is 1.48. The van der Waals surface area contributed by atoms with Crippen LogP contribution in [0.4, 0.5) is 51.2 Å². The van der Waals surface area contributed by atoms with E-state index in [2.05, 4.69) is 385 Å². The molecule has 0 atom stereocenters. The van der Waals surface area contributed by atoms with Crippen molar-refractivity contribution in [2.24, 2.45) is 4.99 Å². The van der Waals surface area contributed by atoms with Gasteiger partial charge in [-0.2, -0.15) is 0 Å². The van der Waals surface area contributed by atoms with Gasteiger partial charge in [0.1, 0.15) is 16.7 Å². The van der Waals surface area contributed by atoms with Crippen molar-refractivity contribution in [1.29, 1.82) is 0 Å². The Morgan fingerprint density at radius 2 is 0.877 bits per heavy atom. The molecule has 0 radical (unpaired) electrons. The largest absolute Gasteiger partial charge is 0.455 e. The minimum absolute atomic E-state index is 0.671. The van der Waals surface area contributed by atoms with Crippen molar-refractivity contribution in [2.45, 2.75) is 0 Å². The summed E-state index contributed by atoms with van der Waals surface area (Å²) in [6, 6.07) is 134. The number of nitrogens with zero attached hydrogens (tertiary/aromatic N) is 4. The summed E-state index contributed by atoms with van der Waals surface area (Å²) < 4.78 is 15.6. The highest BCUT2D eigenvalue weighted by molar-refractivity contribution is 6.38. The molecule has 0 aliphatic carbocycles. The van der Waals surface area contributed by atoms with Crippen LogP contribution in [0.2, 0.25) is 0 Å². The van der Waals surface area contributed by atoms with Crippen LogP contribution in [0.3, 0.4) is 0 Å². The molecule has 0 spiro atoms. The average molecular weight is 1350 g/mol. The number of anilines is 8. The van der Waals surface area contributed by atoms with Crippen molar-refractivity contribution < 1.29 is 8.83 Å². The third-order valence-electron chi connectivity index (χ3n) is 21.6. The van der Waals surface area contributed by atoms with Crippen molar-refractivity contribution >= 4 is 177 Å². The van der Waals surface area contributed by atoms with E-state index in [0.29, 0.717) is 6.54 Å². The molecule has 3 heterocycles. The molecule has 0 unspecified atom stereocenters. The zero-order valence-corrected chi connectivity index (χ0v) is 57.6. The second-order valence-electron chi connectivity index (χ2n) is 27.6. The molecule has 1 aliphatic rings. The lowest BCUT2D eigenvalue weighted by molar-refractivity contribution is 0.669. The van der Waals surface area contributed by atoms with Gasteiger partial charge in [-0.3, -0.25) is 0 Å². The van der Waals surface area contributed by atoms with E-state index in [1.165, 1.54) is 43.8 Å². The van der Waals surface area contributed by atoms with Crippen molar-refractivity contribution in [3.05, 3.63) is 392 Å². The van der Waals surface area contributed by atoms with Gasteiger partial charge in [0.15, 0.2) is 5.58 Å². The lowest BCUT2D eigenvalue weighted by Gasteiger charge is -2.31. The lowest BCUT2D eigenvalue weighted by atomic mass is 9.89. The molecule has 0 saturated carbocycles. The summed E-state index contributed by atoms with van der Waals surface area (Å²) >= 11 is 0. The van der Waals surface area contributed by atoms with E-state index >= 15 is 0 Å². The lowest BCUT2D eigenvalue weighted by Crippen LogP contribution is -2.23. The van der Waals surface area contributed by atoms with Crippen LogP contribution in [-0.2, 0) is 0 Å². The predicted molar refractivity (Wildman–Crippen MR) is 447 cm³/mol. The van der Waals surface area contributed by atoms with Crippen molar-refractivity contribution in [3.63, 3.8) is 0 Å². The monoisotopic (exact) mass is 1350 g/mol. The number of benzene rings is 18. The Morgan fingerprint density at radius 3 is 1.66 bits per heavy atom. The Hall–Kier alpha value is -14.1. The van der Waals surface area contributed by atoms with Crippen LogP contribution in [0, 0.1) is 0 Å². The first-order chi connectivity index (χ1) is 52.6. The zero-order chi connectivity index (χ0) is 69.8. The molecule has 6 nitrogen and oxygen atoms in total. The molecule has 1 aliphatic heterocycles. The van der Waals surface area contributed by atoms with Gasteiger partial charge in [0, 0.05) is 88.9 Å². The van der Waals surface area contributed by atoms with Gasteiger partial charge in [-0.15, -0.1) is 0 Å². The molecular weight excluding hydrogens is 1290 g/mol. The minimum atomic E-state index is 0.671. The number of hydrogen-bond donors (Lipinski definition) is 0. The predicted octanol–water partition coefficient (Wildman–Crippen LogP) is 27.9. The van der Waals surface area contributed by atoms with Gasteiger partial charge in [0.2, 0.25) is 0 Å². The molecule has 0 bridgehead atoms. The van der Waals surface area contributed by atoms with E-state index in [-0.39, 0.29) is 0 Å². The molecule has 20 aromatic rings. The Bertz CT molecular complexity index is 6940. The van der Waals surface area contributed by atoms with E-state index < -0.39 is 0 Å². The van der Waals surface area contributed by atoms with Crippen molar-refractivity contribution in [1.82, 2.24) is 0 Å². The summed E-state index contributed by atoms with van der Waals surface area (Å²) in [6.07, 6.45) is 2.35. The third-order valence-corrected chi connectivity index (χ3v) is 21.6. The topological polar surface area (TPSA) is 48.4 Å². The van der Waals surface area contributed by atoms with E-state index in [1.54, 1.807) is 0 Å². The van der Waals surface area contributed by atoms with Gasteiger partial charge in [-0.1, -0.05) is 267 Å². The second kappa shape index (κ2) is 24.9. The summed E-state index contributed by atoms with van der Waals surface area (Å²) in [5.74, 6) is 0. The van der Waals surface area contributed by atoms with Crippen LogP contribution in [-0.4, -0.2) is 12.3 Å². The highest BCUT2D eigenvalue weighted by atomic mass is 16.3. The quantitative estimate of drug-likeness (QED) is 0.0901. The number of fused-ring (bicyclic) bond motifs is 17. The van der Waals surface area contributed by atoms with Gasteiger partial charge < -0.3 is 23.5 Å². The number of furan rings is 2. The molecule has 6 heteroatoms. The number of hydrogen-bond acceptors (Lipinski definition) is 6. The first-order valence-electron chi connectivity index (χ1n) is 36.3. The Balaban J connectivity index is 0.893. The SMILES string of the molecule is C1=C(c2ccccc2)CN(c2ccc3oc4c(c(/C(=N/c5ccccc5)c5ccccc5)cc5cc(N(c6ccccc6)c6ccccc6)c6ccc7oc8c(N(c9cccc%10c(-c%11cccc%12ccccc%11%12)cccc9%10)c9cc%10ccccc%10c%10ccccc9%10)cccc8c7c6c54)c3c2)c2ccccc21. The first kappa shape index (κ1) is 60.7. The van der Waals surface area contributed by atoms with Gasteiger partial charge in [0.25, 0.3) is 0 Å². The molecule has 18 aromatic carbocycles. The number of rotatable bonds is 12. The van der Waals surface area contributed by atoms with Crippen LogP contribution >= 0.6 is 0 Å². The standard InChI is InChI=1S/C100H64N4O2/c1-6-28-64(29-7-1)70-58-68-34-18-23-51-87(68)102(63-70)74-54-56-92-85(62-74)95-86(98(66-31-8-2-9-32-66)101-71-36-10-3-11-37-71)59-69-61-91(103(72-38-12-4-13-39-72)73-40-14-5-15-41-73)83-55-57-93-96(97(83)94(69)100(95)105-92)84-50-27-53-89(99(84)106-93)104(90-60-67-33-17-20-43-76(67)78-44-21-22-45-82(78)90)88-52-26-48-80-79(47-25-49-81(80)88)77-46-24-35-65-30-16-19-42-75(65)77/h1-62H,63H2/b101-98+. The highest BCUT2D eigenvalue weighted by Gasteiger charge is 2.31. The normalized spacial score (nSPS) is 12.6. The summed E-state index contributed by atoms with van der Waals surface area (Å²) in [6.45, 7) is 0.671. The van der Waals surface area contributed by atoms with Gasteiger partial charge in [0.05, 0.1) is 34.1 Å². The van der Waals surface area contributed by atoms with E-state index in [4.69, 9.17) is 13.8 Å². The molecular formula is C100H64N4O2. The fourth-order valence-corrected chi connectivity index (χ4v) is 16.9. The van der Waals surface area contributed by atoms with Gasteiger partial charge >= 0.3 is 0 Å². The Morgan fingerprint density at radius 1 is 0.321 bits per heavy atom. The van der Waals surface area contributed by atoms with Crippen LogP contribution in [0.5, 0.6) is 0 Å². The summed E-state index contributed by atoms with van der Waals surface area (Å²) in [4.78, 5) is 13.1. The van der Waals surface area contributed by atoms with Gasteiger partial charge in [-0.25, -0.2) is 4.99 Å². The summed E-state index contributed by atoms with van der Waals surface area (Å²) in [5.41, 5.74) is 20.7. The highest BCUT2D eigenvalue weighted by Crippen LogP contribution is 2.54. The second-order valence-corrected chi connectivity index (χ2v) is 27.6. The Kier molecular flexibility index (Phi) is 14.2. The molecule has 21 rings (SSSR count). The molecule has 2 aromatic heterocycles. The maximum Gasteiger partial charge on any atom is 0.159 e. The smallest absolute Gasteiger partial charge is 0.159 e. The number of para-hydroxylation sites is 5. The van der Waals surface area contributed by atoms with Crippen LogP contribution < -0.4 is 14.7 Å². The number of aliphatic imine (C=N–C) groups is 1. The van der Waals surface area contributed by atoms with Crippen molar-refractivity contribution in [3.8, 4) is 11.1 Å². The summed E-state index contributed by atoms with van der Waals surface area (Å²) in [7, 11) is 0. The molecule has 496 valence electrons. The molecule has 106 heavy (non-hydrogen) atoms. The van der Waals surface area contributed by atoms with Crippen LogP contribution in [0.15, 0.2) is 384 Å². The molecule has 0 N–H and O–H groups in total. The molecule has 0 fully saturated rings. The molecule has 0 saturated heterocycles. The Labute approximate surface area is 611 Å².